The largest absolute Gasteiger partial charge is 0.459 e. The molecule has 0 saturated carbocycles. The third-order valence-electron chi connectivity index (χ3n) is 3.45. The first-order chi connectivity index (χ1) is 6.92. The van der Waals surface area contributed by atoms with Crippen molar-refractivity contribution in [2.24, 2.45) is 11.8 Å². The minimum atomic E-state index is -0.449. The maximum atomic E-state index is 11.0. The number of carbonyl (C=O) groups excluding carboxylic acids is 1. The highest BCUT2D eigenvalue weighted by Gasteiger charge is 2.51. The molecule has 0 aromatic heterocycles. The van der Waals surface area contributed by atoms with Gasteiger partial charge in [-0.05, 0) is 19.8 Å². The van der Waals surface area contributed by atoms with Crippen molar-refractivity contribution in [2.75, 3.05) is 0 Å². The van der Waals surface area contributed by atoms with Crippen LogP contribution in [0, 0.1) is 11.8 Å². The summed E-state index contributed by atoms with van der Waals surface area (Å²) < 4.78 is 11.2. The standard InChI is InChI=1S/C12H18O3/c1-7-9-5-6-10(14-9)11(7)12(3,4)15-8(2)13/h5-7,9-11H,1-4H3. The first kappa shape index (κ1) is 10.7. The number of hydrogen-bond donors (Lipinski definition) is 0. The van der Waals surface area contributed by atoms with Crippen LogP contribution in [0.4, 0.5) is 0 Å². The number of esters is 1. The number of carbonyl (C=O) groups is 1. The summed E-state index contributed by atoms with van der Waals surface area (Å²) >= 11 is 0. The number of rotatable bonds is 2. The Bertz CT molecular complexity index is 306. The first-order valence-electron chi connectivity index (χ1n) is 5.45. The van der Waals surface area contributed by atoms with Gasteiger partial charge in [-0.2, -0.15) is 0 Å². The van der Waals surface area contributed by atoms with E-state index in [4.69, 9.17) is 9.47 Å². The third kappa shape index (κ3) is 1.69. The second kappa shape index (κ2) is 3.34. The summed E-state index contributed by atoms with van der Waals surface area (Å²) in [7, 11) is 0. The lowest BCUT2D eigenvalue weighted by molar-refractivity contribution is -0.161. The molecule has 0 spiro atoms. The van der Waals surface area contributed by atoms with Crippen LogP contribution in [0.3, 0.4) is 0 Å². The molecule has 3 heteroatoms. The summed E-state index contributed by atoms with van der Waals surface area (Å²) in [6, 6.07) is 0. The Balaban J connectivity index is 2.17. The van der Waals surface area contributed by atoms with Crippen molar-refractivity contribution in [2.45, 2.75) is 45.5 Å². The molecule has 4 unspecified atom stereocenters. The van der Waals surface area contributed by atoms with Gasteiger partial charge in [-0.25, -0.2) is 0 Å². The van der Waals surface area contributed by atoms with Gasteiger partial charge in [-0.3, -0.25) is 4.79 Å². The van der Waals surface area contributed by atoms with E-state index in [0.717, 1.165) is 0 Å². The summed E-state index contributed by atoms with van der Waals surface area (Å²) in [6.45, 7) is 7.54. The molecule has 0 aromatic carbocycles. The van der Waals surface area contributed by atoms with E-state index in [0.29, 0.717) is 5.92 Å². The van der Waals surface area contributed by atoms with Gasteiger partial charge >= 0.3 is 5.97 Å². The zero-order valence-corrected chi connectivity index (χ0v) is 9.69. The highest BCUT2D eigenvalue weighted by Crippen LogP contribution is 2.45. The molecule has 1 fully saturated rings. The van der Waals surface area contributed by atoms with Crippen molar-refractivity contribution in [3.8, 4) is 0 Å². The van der Waals surface area contributed by atoms with Crippen molar-refractivity contribution in [1.82, 2.24) is 0 Å². The molecule has 4 atom stereocenters. The second-order valence-electron chi connectivity index (χ2n) is 5.03. The van der Waals surface area contributed by atoms with Crippen LogP contribution < -0.4 is 0 Å². The van der Waals surface area contributed by atoms with Crippen LogP contribution in [0.2, 0.25) is 0 Å². The van der Waals surface area contributed by atoms with Gasteiger partial charge in [0, 0.05) is 12.8 Å². The molecule has 0 amide bonds. The van der Waals surface area contributed by atoms with Crippen LogP contribution in [-0.4, -0.2) is 23.8 Å². The molecule has 0 aromatic rings. The molecule has 1 saturated heterocycles. The topological polar surface area (TPSA) is 35.5 Å². The molecule has 2 rings (SSSR count). The molecule has 2 bridgehead atoms. The molecule has 3 nitrogen and oxygen atoms in total. The fraction of sp³-hybridized carbons (Fsp3) is 0.750. The zero-order valence-electron chi connectivity index (χ0n) is 9.69. The van der Waals surface area contributed by atoms with E-state index < -0.39 is 5.60 Å². The average molecular weight is 210 g/mol. The van der Waals surface area contributed by atoms with Crippen LogP contribution in [0.25, 0.3) is 0 Å². The molecular formula is C12H18O3. The lowest BCUT2D eigenvalue weighted by atomic mass is 9.75. The van der Waals surface area contributed by atoms with Gasteiger partial charge < -0.3 is 9.47 Å². The summed E-state index contributed by atoms with van der Waals surface area (Å²) in [5, 5.41) is 0. The molecule has 2 aliphatic rings. The minimum Gasteiger partial charge on any atom is -0.459 e. The molecule has 15 heavy (non-hydrogen) atoms. The number of fused-ring (bicyclic) bond motifs is 2. The fourth-order valence-corrected chi connectivity index (χ4v) is 2.97. The molecule has 0 aliphatic carbocycles. The van der Waals surface area contributed by atoms with Gasteiger partial charge in [0.2, 0.25) is 0 Å². The quantitative estimate of drug-likeness (QED) is 0.516. The van der Waals surface area contributed by atoms with Gasteiger partial charge in [-0.1, -0.05) is 19.1 Å². The fourth-order valence-electron chi connectivity index (χ4n) is 2.97. The van der Waals surface area contributed by atoms with Crippen LogP contribution in [0.5, 0.6) is 0 Å². The Kier molecular flexibility index (Phi) is 2.38. The lowest BCUT2D eigenvalue weighted by Gasteiger charge is -2.36. The van der Waals surface area contributed by atoms with Crippen molar-refractivity contribution >= 4 is 5.97 Å². The van der Waals surface area contributed by atoms with Crippen LogP contribution in [-0.2, 0) is 14.3 Å². The van der Waals surface area contributed by atoms with Gasteiger partial charge in [0.05, 0.1) is 12.2 Å². The Morgan fingerprint density at radius 1 is 1.33 bits per heavy atom. The van der Waals surface area contributed by atoms with Crippen molar-refractivity contribution in [1.29, 1.82) is 0 Å². The summed E-state index contributed by atoms with van der Waals surface area (Å²) in [5.41, 5.74) is -0.449. The van der Waals surface area contributed by atoms with E-state index >= 15 is 0 Å². The van der Waals surface area contributed by atoms with Crippen molar-refractivity contribution < 1.29 is 14.3 Å². The third-order valence-corrected chi connectivity index (χ3v) is 3.45. The highest BCUT2D eigenvalue weighted by molar-refractivity contribution is 5.66. The molecule has 0 radical (unpaired) electrons. The van der Waals surface area contributed by atoms with E-state index in [-0.39, 0.29) is 24.1 Å². The Morgan fingerprint density at radius 2 is 1.93 bits per heavy atom. The zero-order chi connectivity index (χ0) is 11.2. The van der Waals surface area contributed by atoms with Crippen LogP contribution in [0.1, 0.15) is 27.7 Å². The van der Waals surface area contributed by atoms with E-state index in [1.54, 1.807) is 0 Å². The molecule has 2 heterocycles. The van der Waals surface area contributed by atoms with Crippen LogP contribution >= 0.6 is 0 Å². The van der Waals surface area contributed by atoms with E-state index in [1.165, 1.54) is 6.92 Å². The molecule has 84 valence electrons. The normalized spacial score (nSPS) is 38.4. The average Bonchev–Trinajstić information content (AvgIpc) is 2.59. The molecular weight excluding hydrogens is 192 g/mol. The maximum absolute atomic E-state index is 11.0. The maximum Gasteiger partial charge on any atom is 0.303 e. The van der Waals surface area contributed by atoms with E-state index in [2.05, 4.69) is 19.1 Å². The predicted octanol–water partition coefficient (Wildman–Crippen LogP) is 1.92. The molecule has 0 N–H and O–H groups in total. The van der Waals surface area contributed by atoms with Gasteiger partial charge in [-0.15, -0.1) is 0 Å². The van der Waals surface area contributed by atoms with Crippen molar-refractivity contribution in [3.63, 3.8) is 0 Å². The number of hydrogen-bond acceptors (Lipinski definition) is 3. The lowest BCUT2D eigenvalue weighted by Crippen LogP contribution is -2.43. The first-order valence-corrected chi connectivity index (χ1v) is 5.45. The Hall–Kier alpha value is -0.830. The van der Waals surface area contributed by atoms with Crippen molar-refractivity contribution in [3.05, 3.63) is 12.2 Å². The second-order valence-corrected chi connectivity index (χ2v) is 5.03. The van der Waals surface area contributed by atoms with Crippen LogP contribution in [0.15, 0.2) is 12.2 Å². The monoisotopic (exact) mass is 210 g/mol. The minimum absolute atomic E-state index is 0.111. The van der Waals surface area contributed by atoms with Gasteiger partial charge in [0.15, 0.2) is 0 Å². The van der Waals surface area contributed by atoms with Gasteiger partial charge in [0.1, 0.15) is 5.60 Å². The predicted molar refractivity (Wildman–Crippen MR) is 56.3 cm³/mol. The molecule has 2 aliphatic heterocycles. The SMILES string of the molecule is CC(=O)OC(C)(C)C1C2C=CC(O2)C1C. The number of ether oxygens (including phenoxy) is 2. The summed E-state index contributed by atoms with van der Waals surface area (Å²) in [6.07, 6.45) is 4.50. The van der Waals surface area contributed by atoms with E-state index in [1.807, 2.05) is 13.8 Å². The highest BCUT2D eigenvalue weighted by atomic mass is 16.6. The van der Waals surface area contributed by atoms with Gasteiger partial charge in [0.25, 0.3) is 0 Å². The van der Waals surface area contributed by atoms with E-state index in [9.17, 15) is 4.79 Å². The Labute approximate surface area is 90.4 Å². The smallest absolute Gasteiger partial charge is 0.303 e. The Morgan fingerprint density at radius 3 is 2.40 bits per heavy atom. The summed E-state index contributed by atoms with van der Waals surface area (Å²) in [4.78, 5) is 11.0. The summed E-state index contributed by atoms with van der Waals surface area (Å²) in [5.74, 6) is 0.449.